The zero-order valence-corrected chi connectivity index (χ0v) is 14.1. The number of anilines is 1. The van der Waals surface area contributed by atoms with E-state index in [-0.39, 0.29) is 5.75 Å². The Morgan fingerprint density at radius 1 is 0.913 bits per heavy atom. The monoisotopic (exact) mass is 367 g/mol. The van der Waals surface area contributed by atoms with Gasteiger partial charge in [-0.05, 0) is 42.0 Å². The molecule has 2 amide bonds. The smallest absolute Gasteiger partial charge is 0.254 e. The minimum Gasteiger partial charge on any atom is -0.273 e. The molecule has 0 bridgehead atoms. The summed E-state index contributed by atoms with van der Waals surface area (Å²) in [4.78, 5) is 26.0. The molecule has 1 saturated heterocycles. The molecule has 0 saturated carbocycles. The summed E-state index contributed by atoms with van der Waals surface area (Å²) in [7, 11) is -1.60. The van der Waals surface area contributed by atoms with Crippen LogP contribution in [0.5, 0.6) is 0 Å². The van der Waals surface area contributed by atoms with E-state index in [0.717, 1.165) is 4.90 Å². The highest BCUT2D eigenvalue weighted by Crippen LogP contribution is 2.31. The van der Waals surface area contributed by atoms with Crippen LogP contribution in [0.3, 0.4) is 0 Å². The molecule has 1 aliphatic rings. The third-order valence-electron chi connectivity index (χ3n) is 3.48. The van der Waals surface area contributed by atoms with Crippen LogP contribution >= 0.6 is 23.2 Å². The van der Waals surface area contributed by atoms with Gasteiger partial charge in [-0.2, -0.15) is 0 Å². The molecule has 118 valence electrons. The molecule has 1 aliphatic heterocycles. The summed E-state index contributed by atoms with van der Waals surface area (Å²) >= 11 is 11.7. The molecular formula is C16H11Cl2NO3S. The van der Waals surface area contributed by atoms with Gasteiger partial charge in [0.05, 0.1) is 5.69 Å². The van der Waals surface area contributed by atoms with Crippen LogP contribution in [0.4, 0.5) is 5.69 Å². The third kappa shape index (κ3) is 3.17. The first kappa shape index (κ1) is 16.2. The Hall–Kier alpha value is -1.69. The number of amides is 2. The second-order valence-corrected chi connectivity index (χ2v) is 7.39. The number of benzene rings is 2. The van der Waals surface area contributed by atoms with Crippen molar-refractivity contribution >= 4 is 51.5 Å². The Morgan fingerprint density at radius 2 is 1.43 bits per heavy atom. The van der Waals surface area contributed by atoms with E-state index in [1.807, 2.05) is 0 Å². The molecule has 0 aromatic heterocycles. The van der Waals surface area contributed by atoms with Crippen LogP contribution in [0.2, 0.25) is 10.0 Å². The third-order valence-corrected chi connectivity index (χ3v) is 5.52. The first-order chi connectivity index (χ1) is 11.0. The predicted molar refractivity (Wildman–Crippen MR) is 91.1 cm³/mol. The normalized spacial score (nSPS) is 21.6. The molecule has 2 aromatic carbocycles. The van der Waals surface area contributed by atoms with E-state index in [1.165, 1.54) is 0 Å². The van der Waals surface area contributed by atoms with Crippen LogP contribution in [0, 0.1) is 0 Å². The first-order valence-corrected chi connectivity index (χ1v) is 8.86. The highest BCUT2D eigenvalue weighted by atomic mass is 35.5. The summed E-state index contributed by atoms with van der Waals surface area (Å²) in [5, 5.41) is 0.137. The van der Waals surface area contributed by atoms with E-state index in [9.17, 15) is 13.8 Å². The maximum Gasteiger partial charge on any atom is 0.254 e. The van der Waals surface area contributed by atoms with Crippen molar-refractivity contribution in [2.75, 3.05) is 10.7 Å². The van der Waals surface area contributed by atoms with Crippen LogP contribution < -0.4 is 4.90 Å². The van der Waals surface area contributed by atoms with Crippen molar-refractivity contribution in [2.45, 2.75) is 5.25 Å². The Labute approximate surface area is 145 Å². The second kappa shape index (κ2) is 6.43. The molecule has 0 spiro atoms. The van der Waals surface area contributed by atoms with Crippen LogP contribution in [0.1, 0.15) is 10.8 Å². The van der Waals surface area contributed by atoms with E-state index in [1.54, 1.807) is 48.5 Å². The number of rotatable bonds is 2. The van der Waals surface area contributed by atoms with Gasteiger partial charge in [-0.1, -0.05) is 35.3 Å². The highest BCUT2D eigenvalue weighted by molar-refractivity contribution is 7.87. The van der Waals surface area contributed by atoms with Crippen molar-refractivity contribution in [3.05, 3.63) is 64.1 Å². The van der Waals surface area contributed by atoms with Gasteiger partial charge in [-0.15, -0.1) is 0 Å². The lowest BCUT2D eigenvalue weighted by molar-refractivity contribution is -0.125. The summed E-state index contributed by atoms with van der Waals surface area (Å²) in [5.74, 6) is -1.20. The number of hydrogen-bond donors (Lipinski definition) is 0. The van der Waals surface area contributed by atoms with E-state index in [4.69, 9.17) is 23.2 Å². The van der Waals surface area contributed by atoms with Gasteiger partial charge < -0.3 is 0 Å². The van der Waals surface area contributed by atoms with Gasteiger partial charge in [0.15, 0.2) is 0 Å². The summed E-state index contributed by atoms with van der Waals surface area (Å²) < 4.78 is 12.3. The zero-order chi connectivity index (χ0) is 16.6. The summed E-state index contributed by atoms with van der Waals surface area (Å²) in [6, 6.07) is 12.9. The molecule has 3 rings (SSSR count). The van der Waals surface area contributed by atoms with Crippen LogP contribution in [0.25, 0.3) is 0 Å². The first-order valence-electron chi connectivity index (χ1n) is 6.72. The summed E-state index contributed by atoms with van der Waals surface area (Å²) in [6.07, 6.45) is 0. The maximum atomic E-state index is 12.8. The molecule has 0 radical (unpaired) electrons. The van der Waals surface area contributed by atoms with Crippen molar-refractivity contribution < 1.29 is 13.8 Å². The molecule has 0 N–H and O–H groups in total. The second-order valence-electron chi connectivity index (χ2n) is 5.00. The lowest BCUT2D eigenvalue weighted by Crippen LogP contribution is -2.49. The van der Waals surface area contributed by atoms with Crippen molar-refractivity contribution in [3.8, 4) is 0 Å². The average molecular weight is 368 g/mol. The number of nitrogens with zero attached hydrogens (tertiary/aromatic N) is 1. The van der Waals surface area contributed by atoms with E-state index >= 15 is 0 Å². The quantitative estimate of drug-likeness (QED) is 0.764. The lowest BCUT2D eigenvalue weighted by atomic mass is 10.1. The average Bonchev–Trinajstić information content (AvgIpc) is 2.50. The Morgan fingerprint density at radius 3 is 2.00 bits per heavy atom. The number of carbonyl (C=O) groups excluding carboxylic acids is 2. The molecule has 4 nitrogen and oxygen atoms in total. The van der Waals surface area contributed by atoms with Crippen LogP contribution in [-0.2, 0) is 20.4 Å². The Balaban J connectivity index is 2.00. The molecule has 2 aromatic rings. The molecule has 7 heteroatoms. The highest BCUT2D eigenvalue weighted by Gasteiger charge is 2.41. The van der Waals surface area contributed by atoms with Gasteiger partial charge in [0.2, 0.25) is 5.91 Å². The summed E-state index contributed by atoms with van der Waals surface area (Å²) in [6.45, 7) is 0. The standard InChI is InChI=1S/C16H11Cl2NO3S/c17-11-3-1-10(2-4-11)15-16(21)19(14(20)9-23(15)22)13-7-5-12(18)6-8-13/h1-8,15H,9H2/t15-,23+/m1/s1. The lowest BCUT2D eigenvalue weighted by Gasteiger charge is -2.30. The number of halogens is 2. The fourth-order valence-corrected chi connectivity index (χ4v) is 4.00. The topological polar surface area (TPSA) is 54.5 Å². The van der Waals surface area contributed by atoms with Crippen LogP contribution in [0.15, 0.2) is 48.5 Å². The number of carbonyl (C=O) groups is 2. The van der Waals surface area contributed by atoms with Gasteiger partial charge in [0.1, 0.15) is 11.0 Å². The molecule has 0 aliphatic carbocycles. The van der Waals surface area contributed by atoms with Crippen molar-refractivity contribution in [3.63, 3.8) is 0 Å². The minimum absolute atomic E-state index is 0.207. The SMILES string of the molecule is O=C1C[S@](=O)[C@H](c2ccc(Cl)cc2)C(=O)N1c1ccc(Cl)cc1. The predicted octanol–water partition coefficient (Wildman–Crippen LogP) is 3.36. The summed E-state index contributed by atoms with van der Waals surface area (Å²) in [5.41, 5.74) is 0.990. The number of hydrogen-bond acceptors (Lipinski definition) is 3. The molecule has 0 unspecified atom stereocenters. The van der Waals surface area contributed by atoms with E-state index in [0.29, 0.717) is 21.3 Å². The van der Waals surface area contributed by atoms with Gasteiger partial charge in [-0.3, -0.25) is 13.8 Å². The molecule has 2 atom stereocenters. The Kier molecular flexibility index (Phi) is 4.53. The Bertz CT molecular complexity index is 724. The fourth-order valence-electron chi connectivity index (χ4n) is 2.42. The van der Waals surface area contributed by atoms with Gasteiger partial charge in [0, 0.05) is 20.8 Å². The zero-order valence-electron chi connectivity index (χ0n) is 11.7. The van der Waals surface area contributed by atoms with Gasteiger partial charge in [-0.25, -0.2) is 4.90 Å². The van der Waals surface area contributed by atoms with Crippen molar-refractivity contribution in [2.24, 2.45) is 0 Å². The fraction of sp³-hybridized carbons (Fsp3) is 0.125. The minimum atomic E-state index is -1.60. The molecular weight excluding hydrogens is 357 g/mol. The molecule has 23 heavy (non-hydrogen) atoms. The van der Waals surface area contributed by atoms with E-state index in [2.05, 4.69) is 0 Å². The molecule has 1 fully saturated rings. The molecule has 1 heterocycles. The van der Waals surface area contributed by atoms with Gasteiger partial charge in [0.25, 0.3) is 5.91 Å². The van der Waals surface area contributed by atoms with E-state index < -0.39 is 27.9 Å². The largest absolute Gasteiger partial charge is 0.273 e. The maximum absolute atomic E-state index is 12.8. The van der Waals surface area contributed by atoms with Crippen molar-refractivity contribution in [1.82, 2.24) is 0 Å². The number of imide groups is 1. The van der Waals surface area contributed by atoms with Gasteiger partial charge >= 0.3 is 0 Å². The van der Waals surface area contributed by atoms with Crippen molar-refractivity contribution in [1.29, 1.82) is 0 Å². The van der Waals surface area contributed by atoms with Crippen LogP contribution in [-0.4, -0.2) is 21.8 Å².